The molecule has 0 saturated carbocycles. The van der Waals surface area contributed by atoms with Crippen LogP contribution >= 0.6 is 0 Å². The molecule has 3 aromatic rings. The van der Waals surface area contributed by atoms with E-state index in [4.69, 9.17) is 5.73 Å². The fraction of sp³-hybridized carbons (Fsp3) is 0.200. The molecule has 0 saturated heterocycles. The van der Waals surface area contributed by atoms with Gasteiger partial charge in [0.15, 0.2) is 0 Å². The summed E-state index contributed by atoms with van der Waals surface area (Å²) >= 11 is 0. The summed E-state index contributed by atoms with van der Waals surface area (Å²) in [5.74, 6) is 0.538. The summed E-state index contributed by atoms with van der Waals surface area (Å²) in [7, 11) is 0. The Hall–Kier alpha value is -2.36. The Balaban J connectivity index is 1.67. The van der Waals surface area contributed by atoms with Gasteiger partial charge in [-0.2, -0.15) is 0 Å². The zero-order valence-corrected chi connectivity index (χ0v) is 10.6. The molecule has 96 valence electrons. The van der Waals surface area contributed by atoms with E-state index in [2.05, 4.69) is 45.3 Å². The monoisotopic (exact) mass is 252 g/mol. The molecule has 3 rings (SSSR count). The Bertz CT molecular complexity index is 673. The molecule has 0 atom stereocenters. The van der Waals surface area contributed by atoms with E-state index in [-0.39, 0.29) is 0 Å². The molecule has 0 aliphatic heterocycles. The van der Waals surface area contributed by atoms with Gasteiger partial charge in [-0.05, 0) is 30.9 Å². The summed E-state index contributed by atoms with van der Waals surface area (Å²) in [6, 6.07) is 12.6. The molecule has 0 fully saturated rings. The fourth-order valence-corrected chi connectivity index (χ4v) is 2.28. The fourth-order valence-electron chi connectivity index (χ4n) is 2.28. The van der Waals surface area contributed by atoms with Crippen LogP contribution in [0.3, 0.4) is 0 Å². The minimum atomic E-state index is 0.538. The van der Waals surface area contributed by atoms with Crippen LogP contribution in [0, 0.1) is 0 Å². The Kier molecular flexibility index (Phi) is 3.14. The maximum atomic E-state index is 5.82. The number of nitrogen functional groups attached to an aromatic ring is 1. The van der Waals surface area contributed by atoms with Gasteiger partial charge in [0.1, 0.15) is 17.8 Å². The molecule has 2 heterocycles. The van der Waals surface area contributed by atoms with E-state index in [9.17, 15) is 0 Å². The lowest BCUT2D eigenvalue weighted by molar-refractivity contribution is 0.805. The molecule has 0 aliphatic carbocycles. The first-order valence-corrected chi connectivity index (χ1v) is 6.45. The lowest BCUT2D eigenvalue weighted by atomic mass is 10.1. The van der Waals surface area contributed by atoms with Crippen LogP contribution < -0.4 is 5.73 Å². The number of aryl methyl sites for hydroxylation is 2. The summed E-state index contributed by atoms with van der Waals surface area (Å²) in [4.78, 5) is 11.5. The average molecular weight is 252 g/mol. The van der Waals surface area contributed by atoms with Gasteiger partial charge in [0.25, 0.3) is 0 Å². The number of benzene rings is 1. The summed E-state index contributed by atoms with van der Waals surface area (Å²) in [5, 5.41) is 0.914. The highest BCUT2D eigenvalue weighted by Gasteiger charge is 2.05. The number of rotatable bonds is 4. The summed E-state index contributed by atoms with van der Waals surface area (Å²) < 4.78 is 0. The molecule has 0 amide bonds. The van der Waals surface area contributed by atoms with E-state index in [0.29, 0.717) is 5.82 Å². The Morgan fingerprint density at radius 2 is 1.89 bits per heavy atom. The van der Waals surface area contributed by atoms with Crippen molar-refractivity contribution in [3.63, 3.8) is 0 Å². The number of hydrogen-bond acceptors (Lipinski definition) is 3. The number of aromatic nitrogens is 3. The average Bonchev–Trinajstić information content (AvgIpc) is 2.84. The van der Waals surface area contributed by atoms with Crippen molar-refractivity contribution in [2.45, 2.75) is 19.3 Å². The van der Waals surface area contributed by atoms with E-state index < -0.39 is 0 Å². The quantitative estimate of drug-likeness (QED) is 0.750. The van der Waals surface area contributed by atoms with E-state index in [1.54, 1.807) is 0 Å². The van der Waals surface area contributed by atoms with Crippen molar-refractivity contribution in [3.05, 3.63) is 54.0 Å². The van der Waals surface area contributed by atoms with Crippen molar-refractivity contribution < 1.29 is 0 Å². The van der Waals surface area contributed by atoms with Crippen LogP contribution in [0.5, 0.6) is 0 Å². The molecule has 0 spiro atoms. The van der Waals surface area contributed by atoms with Gasteiger partial charge >= 0.3 is 0 Å². The maximum Gasteiger partial charge on any atom is 0.143 e. The van der Waals surface area contributed by atoms with Crippen LogP contribution in [0.1, 0.15) is 17.7 Å². The first-order valence-electron chi connectivity index (χ1n) is 6.45. The van der Waals surface area contributed by atoms with Gasteiger partial charge in [-0.25, -0.2) is 9.97 Å². The normalized spacial score (nSPS) is 10.9. The maximum absolute atomic E-state index is 5.82. The van der Waals surface area contributed by atoms with E-state index in [1.165, 1.54) is 11.9 Å². The van der Waals surface area contributed by atoms with Crippen LogP contribution in [0.15, 0.2) is 42.7 Å². The van der Waals surface area contributed by atoms with Crippen molar-refractivity contribution in [1.29, 1.82) is 0 Å². The van der Waals surface area contributed by atoms with Crippen LogP contribution in [-0.2, 0) is 12.8 Å². The topological polar surface area (TPSA) is 67.6 Å². The largest absolute Gasteiger partial charge is 0.383 e. The summed E-state index contributed by atoms with van der Waals surface area (Å²) in [5.41, 5.74) is 9.18. The van der Waals surface area contributed by atoms with E-state index in [1.807, 2.05) is 6.07 Å². The van der Waals surface area contributed by atoms with Gasteiger partial charge in [0.05, 0.1) is 5.39 Å². The molecule has 0 aliphatic rings. The highest BCUT2D eigenvalue weighted by molar-refractivity contribution is 5.86. The molecule has 19 heavy (non-hydrogen) atoms. The van der Waals surface area contributed by atoms with Crippen LogP contribution in [0.4, 0.5) is 5.82 Å². The Labute approximate surface area is 111 Å². The minimum absolute atomic E-state index is 0.538. The highest BCUT2D eigenvalue weighted by Crippen LogP contribution is 2.18. The number of nitrogens with zero attached hydrogens (tertiary/aromatic N) is 2. The van der Waals surface area contributed by atoms with Crippen LogP contribution in [-0.4, -0.2) is 15.0 Å². The SMILES string of the molecule is Nc1ncnc2[nH]c(CCCc3ccccc3)cc12. The molecule has 0 unspecified atom stereocenters. The number of fused-ring (bicyclic) bond motifs is 1. The van der Waals surface area contributed by atoms with Gasteiger partial charge in [0, 0.05) is 5.69 Å². The molecule has 4 nitrogen and oxygen atoms in total. The lowest BCUT2D eigenvalue weighted by Gasteiger charge is -1.99. The Morgan fingerprint density at radius 1 is 1.05 bits per heavy atom. The molecular formula is C15H16N4. The summed E-state index contributed by atoms with van der Waals surface area (Å²) in [6.45, 7) is 0. The van der Waals surface area contributed by atoms with Gasteiger partial charge in [-0.3, -0.25) is 0 Å². The van der Waals surface area contributed by atoms with E-state index in [0.717, 1.165) is 36.0 Å². The number of aromatic amines is 1. The number of nitrogens with one attached hydrogen (secondary N) is 1. The third kappa shape index (κ3) is 2.57. The van der Waals surface area contributed by atoms with Crippen molar-refractivity contribution in [1.82, 2.24) is 15.0 Å². The van der Waals surface area contributed by atoms with Gasteiger partial charge in [0.2, 0.25) is 0 Å². The first-order chi connectivity index (χ1) is 9.33. The molecule has 1 aromatic carbocycles. The summed E-state index contributed by atoms with van der Waals surface area (Å²) in [6.07, 6.45) is 4.66. The van der Waals surface area contributed by atoms with Crippen molar-refractivity contribution >= 4 is 16.9 Å². The molecule has 2 aromatic heterocycles. The smallest absolute Gasteiger partial charge is 0.143 e. The lowest BCUT2D eigenvalue weighted by Crippen LogP contribution is -1.90. The highest BCUT2D eigenvalue weighted by atomic mass is 15.0. The van der Waals surface area contributed by atoms with Gasteiger partial charge in [-0.15, -0.1) is 0 Å². The third-order valence-electron chi connectivity index (χ3n) is 3.27. The van der Waals surface area contributed by atoms with Crippen molar-refractivity contribution in [2.24, 2.45) is 0 Å². The van der Waals surface area contributed by atoms with Crippen molar-refractivity contribution in [2.75, 3.05) is 5.73 Å². The van der Waals surface area contributed by atoms with Gasteiger partial charge < -0.3 is 10.7 Å². The van der Waals surface area contributed by atoms with Crippen LogP contribution in [0.25, 0.3) is 11.0 Å². The minimum Gasteiger partial charge on any atom is -0.383 e. The standard InChI is InChI=1S/C15H16N4/c16-14-13-9-12(19-15(13)18-10-17-14)8-4-7-11-5-2-1-3-6-11/h1-3,5-6,9-10H,4,7-8H2,(H3,16,17,18,19). The zero-order valence-electron chi connectivity index (χ0n) is 10.6. The molecule has 4 heteroatoms. The molecule has 0 radical (unpaired) electrons. The second kappa shape index (κ2) is 5.10. The molecule has 0 bridgehead atoms. The number of H-pyrrole nitrogens is 1. The number of anilines is 1. The predicted molar refractivity (Wildman–Crippen MR) is 76.8 cm³/mol. The predicted octanol–water partition coefficient (Wildman–Crippen LogP) is 2.72. The molecule has 3 N–H and O–H groups in total. The third-order valence-corrected chi connectivity index (χ3v) is 3.27. The van der Waals surface area contributed by atoms with E-state index >= 15 is 0 Å². The number of nitrogens with two attached hydrogens (primary N) is 1. The van der Waals surface area contributed by atoms with Gasteiger partial charge in [-0.1, -0.05) is 30.3 Å². The van der Waals surface area contributed by atoms with Crippen LogP contribution in [0.2, 0.25) is 0 Å². The molecular weight excluding hydrogens is 236 g/mol. The first kappa shape index (κ1) is 11.7. The second-order valence-corrected chi connectivity index (χ2v) is 4.65. The number of hydrogen-bond donors (Lipinski definition) is 2. The Morgan fingerprint density at radius 3 is 2.68 bits per heavy atom. The second-order valence-electron chi connectivity index (χ2n) is 4.65. The zero-order chi connectivity index (χ0) is 13.1. The van der Waals surface area contributed by atoms with Crippen molar-refractivity contribution in [3.8, 4) is 0 Å².